The van der Waals surface area contributed by atoms with Crippen molar-refractivity contribution >= 4 is 19.0 Å². The third-order valence-electron chi connectivity index (χ3n) is 3.14. The largest absolute Gasteiger partial charge is 0.361 e. The number of hydrogen-bond acceptors (Lipinski definition) is 2. The SMILES string of the molecule is C[Si](C)(C)CCOCn1cc(C#N)c2ccccc21. The van der Waals surface area contributed by atoms with Gasteiger partial charge in [0.25, 0.3) is 0 Å². The van der Waals surface area contributed by atoms with Crippen molar-refractivity contribution in [3.63, 3.8) is 0 Å². The maximum atomic E-state index is 9.13. The van der Waals surface area contributed by atoms with Crippen LogP contribution >= 0.6 is 0 Å². The molecule has 19 heavy (non-hydrogen) atoms. The van der Waals surface area contributed by atoms with Crippen molar-refractivity contribution in [2.45, 2.75) is 32.4 Å². The third-order valence-corrected chi connectivity index (χ3v) is 4.84. The molecule has 4 heteroatoms. The summed E-state index contributed by atoms with van der Waals surface area (Å²) in [4.78, 5) is 0. The van der Waals surface area contributed by atoms with Crippen molar-refractivity contribution in [1.29, 1.82) is 5.26 Å². The van der Waals surface area contributed by atoms with E-state index in [0.29, 0.717) is 12.3 Å². The lowest BCUT2D eigenvalue weighted by Crippen LogP contribution is -2.21. The minimum absolute atomic E-state index is 0.521. The molecule has 0 unspecified atom stereocenters. The van der Waals surface area contributed by atoms with Gasteiger partial charge in [-0.15, -0.1) is 0 Å². The zero-order valence-corrected chi connectivity index (χ0v) is 12.8. The van der Waals surface area contributed by atoms with Crippen LogP contribution in [-0.2, 0) is 11.5 Å². The first kappa shape index (κ1) is 13.8. The normalized spacial score (nSPS) is 11.7. The maximum Gasteiger partial charge on any atom is 0.122 e. The standard InChI is InChI=1S/C15H20N2OSi/c1-19(2,3)9-8-18-12-17-11-13(10-16)14-6-4-5-7-15(14)17/h4-7,11H,8-9,12H2,1-3H3. The van der Waals surface area contributed by atoms with Gasteiger partial charge in [0.2, 0.25) is 0 Å². The van der Waals surface area contributed by atoms with E-state index >= 15 is 0 Å². The molecule has 100 valence electrons. The fourth-order valence-electron chi connectivity index (χ4n) is 1.98. The average molecular weight is 272 g/mol. The van der Waals surface area contributed by atoms with E-state index < -0.39 is 8.07 Å². The van der Waals surface area contributed by atoms with E-state index in [0.717, 1.165) is 23.6 Å². The Balaban J connectivity index is 2.07. The van der Waals surface area contributed by atoms with Crippen LogP contribution < -0.4 is 0 Å². The minimum Gasteiger partial charge on any atom is -0.361 e. The van der Waals surface area contributed by atoms with Gasteiger partial charge in [-0.25, -0.2) is 0 Å². The first-order chi connectivity index (χ1) is 9.01. The van der Waals surface area contributed by atoms with Crippen LogP contribution in [0, 0.1) is 11.3 Å². The first-order valence-electron chi connectivity index (χ1n) is 6.57. The Kier molecular flexibility index (Phi) is 4.08. The molecule has 0 saturated heterocycles. The summed E-state index contributed by atoms with van der Waals surface area (Å²) in [5.74, 6) is 0. The number of ether oxygens (including phenoxy) is 1. The van der Waals surface area contributed by atoms with Crippen molar-refractivity contribution in [2.75, 3.05) is 6.61 Å². The van der Waals surface area contributed by atoms with Gasteiger partial charge in [0.15, 0.2) is 0 Å². The highest BCUT2D eigenvalue weighted by Crippen LogP contribution is 2.20. The summed E-state index contributed by atoms with van der Waals surface area (Å²) >= 11 is 0. The molecule has 2 rings (SSSR count). The molecule has 0 radical (unpaired) electrons. The number of rotatable bonds is 5. The molecule has 0 spiro atoms. The molecule has 1 heterocycles. The molecule has 0 N–H and O–H groups in total. The monoisotopic (exact) mass is 272 g/mol. The summed E-state index contributed by atoms with van der Waals surface area (Å²) in [6, 6.07) is 11.4. The van der Waals surface area contributed by atoms with E-state index in [9.17, 15) is 0 Å². The van der Waals surface area contributed by atoms with Gasteiger partial charge in [-0.3, -0.25) is 0 Å². The Morgan fingerprint density at radius 2 is 2.00 bits per heavy atom. The second kappa shape index (κ2) is 5.60. The number of nitriles is 1. The lowest BCUT2D eigenvalue weighted by molar-refractivity contribution is 0.0902. The second-order valence-corrected chi connectivity index (χ2v) is 11.6. The Morgan fingerprint density at radius 1 is 1.26 bits per heavy atom. The van der Waals surface area contributed by atoms with Crippen LogP contribution in [0.3, 0.4) is 0 Å². The van der Waals surface area contributed by atoms with Crippen LogP contribution in [0.5, 0.6) is 0 Å². The molecule has 1 aromatic heterocycles. The summed E-state index contributed by atoms with van der Waals surface area (Å²) in [6.45, 7) is 8.34. The molecule has 0 bridgehead atoms. The Labute approximate surface area is 115 Å². The highest BCUT2D eigenvalue weighted by atomic mass is 28.3. The van der Waals surface area contributed by atoms with Gasteiger partial charge in [0.1, 0.15) is 12.8 Å². The topological polar surface area (TPSA) is 38.0 Å². The molecule has 0 saturated carbocycles. The first-order valence-corrected chi connectivity index (χ1v) is 10.3. The Hall–Kier alpha value is -1.57. The van der Waals surface area contributed by atoms with Crippen molar-refractivity contribution in [2.24, 2.45) is 0 Å². The smallest absolute Gasteiger partial charge is 0.122 e. The van der Waals surface area contributed by atoms with Crippen molar-refractivity contribution in [3.05, 3.63) is 36.0 Å². The van der Waals surface area contributed by atoms with E-state index in [1.54, 1.807) is 0 Å². The third kappa shape index (κ3) is 3.46. The number of benzene rings is 1. The van der Waals surface area contributed by atoms with Gasteiger partial charge in [-0.05, 0) is 12.1 Å². The number of fused-ring (bicyclic) bond motifs is 1. The van der Waals surface area contributed by atoms with Gasteiger partial charge in [0.05, 0.1) is 11.1 Å². The van der Waals surface area contributed by atoms with Crippen LogP contribution in [0.25, 0.3) is 10.9 Å². The second-order valence-electron chi connectivity index (χ2n) is 5.99. The molecule has 2 aromatic rings. The maximum absolute atomic E-state index is 9.13. The van der Waals surface area contributed by atoms with Gasteiger partial charge < -0.3 is 9.30 Å². The molecule has 0 atom stereocenters. The van der Waals surface area contributed by atoms with E-state index in [4.69, 9.17) is 10.00 Å². The molecule has 0 aliphatic heterocycles. The number of nitrogens with zero attached hydrogens (tertiary/aromatic N) is 2. The zero-order valence-electron chi connectivity index (χ0n) is 11.8. The fourth-order valence-corrected chi connectivity index (χ4v) is 2.74. The van der Waals surface area contributed by atoms with Crippen molar-refractivity contribution in [3.8, 4) is 6.07 Å². The van der Waals surface area contributed by atoms with Gasteiger partial charge in [0, 0.05) is 26.3 Å². The van der Waals surface area contributed by atoms with E-state index in [-0.39, 0.29) is 0 Å². The molecular formula is C15H20N2OSi. The van der Waals surface area contributed by atoms with Crippen LogP contribution in [0.15, 0.2) is 30.5 Å². The summed E-state index contributed by atoms with van der Waals surface area (Å²) in [6.07, 6.45) is 1.87. The summed E-state index contributed by atoms with van der Waals surface area (Å²) < 4.78 is 7.76. The van der Waals surface area contributed by atoms with Crippen LogP contribution in [0.1, 0.15) is 5.56 Å². The van der Waals surface area contributed by atoms with Crippen LogP contribution in [0.2, 0.25) is 25.7 Å². The van der Waals surface area contributed by atoms with Crippen LogP contribution in [0.4, 0.5) is 0 Å². The lowest BCUT2D eigenvalue weighted by Gasteiger charge is -2.15. The summed E-state index contributed by atoms with van der Waals surface area (Å²) in [7, 11) is -1.04. The fraction of sp³-hybridized carbons (Fsp3) is 0.400. The summed E-state index contributed by atoms with van der Waals surface area (Å²) in [5, 5.41) is 10.1. The highest BCUT2D eigenvalue weighted by Gasteiger charge is 2.12. The van der Waals surface area contributed by atoms with E-state index in [2.05, 4.69) is 25.7 Å². The lowest BCUT2D eigenvalue weighted by atomic mass is 10.2. The zero-order chi connectivity index (χ0) is 13.9. The minimum atomic E-state index is -1.04. The predicted molar refractivity (Wildman–Crippen MR) is 80.8 cm³/mol. The van der Waals surface area contributed by atoms with E-state index in [1.165, 1.54) is 0 Å². The molecule has 1 aromatic carbocycles. The number of hydrogen-bond donors (Lipinski definition) is 0. The molecule has 0 amide bonds. The molecule has 3 nitrogen and oxygen atoms in total. The number of aromatic nitrogens is 1. The molecular weight excluding hydrogens is 252 g/mol. The van der Waals surface area contributed by atoms with Gasteiger partial charge in [-0.1, -0.05) is 37.8 Å². The highest BCUT2D eigenvalue weighted by molar-refractivity contribution is 6.76. The Bertz CT molecular complexity index is 605. The van der Waals surface area contributed by atoms with Crippen LogP contribution in [-0.4, -0.2) is 19.2 Å². The van der Waals surface area contributed by atoms with Gasteiger partial charge >= 0.3 is 0 Å². The molecule has 0 aliphatic rings. The van der Waals surface area contributed by atoms with Gasteiger partial charge in [-0.2, -0.15) is 5.26 Å². The molecule has 0 fully saturated rings. The average Bonchev–Trinajstić information content (AvgIpc) is 2.72. The van der Waals surface area contributed by atoms with Crippen molar-refractivity contribution in [1.82, 2.24) is 4.57 Å². The van der Waals surface area contributed by atoms with E-state index in [1.807, 2.05) is 35.0 Å². The predicted octanol–water partition coefficient (Wildman–Crippen LogP) is 3.83. The quantitative estimate of drug-likeness (QED) is 0.613. The molecule has 0 aliphatic carbocycles. The number of para-hydroxylation sites is 1. The Morgan fingerprint density at radius 3 is 2.68 bits per heavy atom. The van der Waals surface area contributed by atoms with Crippen molar-refractivity contribution < 1.29 is 4.74 Å². The summed E-state index contributed by atoms with van der Waals surface area (Å²) in [5.41, 5.74) is 1.77.